The first-order valence-electron chi connectivity index (χ1n) is 3.81. The first-order valence-corrected chi connectivity index (χ1v) is 3.81. The Balaban J connectivity index is 2.76. The van der Waals surface area contributed by atoms with Crippen molar-refractivity contribution in [3.8, 4) is 0 Å². The predicted molar refractivity (Wildman–Crippen MR) is 39.0 cm³/mol. The molecule has 5 nitrogen and oxygen atoms in total. The van der Waals surface area contributed by atoms with Gasteiger partial charge in [0.2, 0.25) is 0 Å². The lowest BCUT2D eigenvalue weighted by Gasteiger charge is -2.10. The molecule has 1 heterocycles. The molecule has 1 rings (SSSR count). The number of carbonyl (C=O) groups excluding carboxylic acids is 2. The van der Waals surface area contributed by atoms with Gasteiger partial charge in [0.1, 0.15) is 0 Å². The van der Waals surface area contributed by atoms with E-state index in [0.717, 1.165) is 4.90 Å². The summed E-state index contributed by atoms with van der Waals surface area (Å²) in [5, 5.41) is 17.9. The minimum atomic E-state index is -1.57. The Morgan fingerprint density at radius 1 is 1.25 bits per heavy atom. The molecule has 12 heavy (non-hydrogen) atoms. The van der Waals surface area contributed by atoms with Crippen LogP contribution in [0.2, 0.25) is 0 Å². The average molecular weight is 173 g/mol. The molecular weight excluding hydrogens is 162 g/mol. The fraction of sp³-hybridized carbons (Fsp3) is 0.714. The molecule has 0 bridgehead atoms. The van der Waals surface area contributed by atoms with Gasteiger partial charge in [0.15, 0.2) is 12.2 Å². The van der Waals surface area contributed by atoms with Crippen LogP contribution in [0.3, 0.4) is 0 Å². The molecule has 2 N–H and O–H groups in total. The van der Waals surface area contributed by atoms with E-state index in [9.17, 15) is 9.59 Å². The molecule has 68 valence electrons. The largest absolute Gasteiger partial charge is 0.380 e. The summed E-state index contributed by atoms with van der Waals surface area (Å²) >= 11 is 0. The van der Waals surface area contributed by atoms with E-state index >= 15 is 0 Å². The number of nitrogens with zero attached hydrogens (tertiary/aromatic N) is 1. The molecule has 2 atom stereocenters. The monoisotopic (exact) mass is 173 g/mol. The predicted octanol–water partition coefficient (Wildman–Crippen LogP) is -1.51. The summed E-state index contributed by atoms with van der Waals surface area (Å²) in [6.07, 6.45) is -2.51. The molecule has 0 aromatic carbocycles. The molecule has 1 saturated heterocycles. The topological polar surface area (TPSA) is 77.8 Å². The van der Waals surface area contributed by atoms with Crippen LogP contribution in [-0.2, 0) is 9.59 Å². The van der Waals surface area contributed by atoms with Crippen LogP contribution in [0.1, 0.15) is 13.3 Å². The number of aliphatic hydroxyl groups is 2. The lowest BCUT2D eigenvalue weighted by Crippen LogP contribution is -2.32. The molecule has 0 radical (unpaired) electrons. The van der Waals surface area contributed by atoms with E-state index in [-0.39, 0.29) is 6.54 Å². The summed E-state index contributed by atoms with van der Waals surface area (Å²) in [4.78, 5) is 22.9. The van der Waals surface area contributed by atoms with Crippen molar-refractivity contribution < 1.29 is 19.8 Å². The smallest absolute Gasteiger partial charge is 0.261 e. The van der Waals surface area contributed by atoms with Crippen molar-refractivity contribution in [2.24, 2.45) is 0 Å². The molecule has 0 aromatic heterocycles. The second-order valence-corrected chi connectivity index (χ2v) is 2.72. The summed E-state index contributed by atoms with van der Waals surface area (Å²) < 4.78 is 0. The van der Waals surface area contributed by atoms with E-state index in [4.69, 9.17) is 10.2 Å². The van der Waals surface area contributed by atoms with Crippen molar-refractivity contribution in [1.29, 1.82) is 0 Å². The summed E-state index contributed by atoms with van der Waals surface area (Å²) in [5.41, 5.74) is 0. The normalized spacial score (nSPS) is 30.1. The van der Waals surface area contributed by atoms with Crippen molar-refractivity contribution in [3.63, 3.8) is 0 Å². The summed E-state index contributed by atoms with van der Waals surface area (Å²) in [6.45, 7) is 2.06. The number of carbonyl (C=O) groups is 2. The molecule has 1 aliphatic rings. The maximum atomic E-state index is 11.0. The molecule has 0 saturated carbocycles. The Morgan fingerprint density at radius 3 is 2.00 bits per heavy atom. The van der Waals surface area contributed by atoms with E-state index < -0.39 is 24.0 Å². The van der Waals surface area contributed by atoms with Gasteiger partial charge in [-0.05, 0) is 6.42 Å². The van der Waals surface area contributed by atoms with Crippen LogP contribution in [0.4, 0.5) is 0 Å². The molecule has 1 fully saturated rings. The lowest BCUT2D eigenvalue weighted by atomic mass is 10.2. The molecule has 1 aliphatic heterocycles. The Kier molecular flexibility index (Phi) is 2.44. The van der Waals surface area contributed by atoms with Gasteiger partial charge in [0.05, 0.1) is 0 Å². The molecule has 0 aromatic rings. The fourth-order valence-corrected chi connectivity index (χ4v) is 1.14. The van der Waals surface area contributed by atoms with Crippen molar-refractivity contribution >= 4 is 11.8 Å². The van der Waals surface area contributed by atoms with Gasteiger partial charge in [-0.1, -0.05) is 6.92 Å². The first-order chi connectivity index (χ1) is 5.59. The first kappa shape index (κ1) is 9.15. The van der Waals surface area contributed by atoms with Gasteiger partial charge in [-0.3, -0.25) is 14.5 Å². The van der Waals surface area contributed by atoms with Gasteiger partial charge in [-0.2, -0.15) is 0 Å². The number of aliphatic hydroxyl groups excluding tert-OH is 2. The van der Waals surface area contributed by atoms with Crippen LogP contribution in [0, 0.1) is 0 Å². The fourth-order valence-electron chi connectivity index (χ4n) is 1.14. The lowest BCUT2D eigenvalue weighted by molar-refractivity contribution is -0.141. The summed E-state index contributed by atoms with van der Waals surface area (Å²) in [7, 11) is 0. The zero-order valence-electron chi connectivity index (χ0n) is 6.73. The number of hydrogen-bond donors (Lipinski definition) is 2. The average Bonchev–Trinajstić information content (AvgIpc) is 2.23. The standard InChI is InChI=1S/C7H11NO4/c1-2-3-8-6(11)4(9)5(10)7(8)12/h4-5,9-10H,2-3H2,1H3. The van der Waals surface area contributed by atoms with Crippen LogP contribution < -0.4 is 0 Å². The maximum Gasteiger partial charge on any atom is 0.261 e. The quantitative estimate of drug-likeness (QED) is 0.497. The Hall–Kier alpha value is -0.940. The third-order valence-corrected chi connectivity index (χ3v) is 1.78. The maximum absolute atomic E-state index is 11.0. The molecule has 5 heteroatoms. The van der Waals surface area contributed by atoms with Gasteiger partial charge >= 0.3 is 0 Å². The Labute approximate surface area is 69.6 Å². The number of imide groups is 1. The van der Waals surface area contributed by atoms with E-state index in [1.165, 1.54) is 0 Å². The minimum Gasteiger partial charge on any atom is -0.380 e. The summed E-state index contributed by atoms with van der Waals surface area (Å²) in [6, 6.07) is 0. The highest BCUT2D eigenvalue weighted by Gasteiger charge is 2.45. The highest BCUT2D eigenvalue weighted by atomic mass is 16.4. The molecule has 0 spiro atoms. The molecule has 0 aliphatic carbocycles. The third kappa shape index (κ3) is 1.21. The van der Waals surface area contributed by atoms with Gasteiger partial charge in [0.25, 0.3) is 11.8 Å². The van der Waals surface area contributed by atoms with E-state index in [1.807, 2.05) is 0 Å². The van der Waals surface area contributed by atoms with Crippen LogP contribution in [0.15, 0.2) is 0 Å². The highest BCUT2D eigenvalue weighted by Crippen LogP contribution is 2.13. The second-order valence-electron chi connectivity index (χ2n) is 2.72. The van der Waals surface area contributed by atoms with Gasteiger partial charge in [0, 0.05) is 6.54 Å². The molecule has 2 unspecified atom stereocenters. The van der Waals surface area contributed by atoms with E-state index in [2.05, 4.69) is 0 Å². The third-order valence-electron chi connectivity index (χ3n) is 1.78. The second kappa shape index (κ2) is 3.20. The van der Waals surface area contributed by atoms with Gasteiger partial charge in [-0.25, -0.2) is 0 Å². The number of hydrogen-bond acceptors (Lipinski definition) is 4. The zero-order valence-corrected chi connectivity index (χ0v) is 6.73. The Bertz CT molecular complexity index is 195. The summed E-state index contributed by atoms with van der Waals surface area (Å²) in [5.74, 6) is -1.40. The Morgan fingerprint density at radius 2 is 1.67 bits per heavy atom. The molecular formula is C7H11NO4. The number of amides is 2. The van der Waals surface area contributed by atoms with E-state index in [1.54, 1.807) is 6.92 Å². The van der Waals surface area contributed by atoms with Crippen molar-refractivity contribution in [1.82, 2.24) is 4.90 Å². The zero-order chi connectivity index (χ0) is 9.30. The SMILES string of the molecule is CCCN1C(=O)C(O)C(O)C1=O. The number of likely N-dealkylation sites (tertiary alicyclic amines) is 1. The van der Waals surface area contributed by atoms with Crippen molar-refractivity contribution in [3.05, 3.63) is 0 Å². The van der Waals surface area contributed by atoms with Gasteiger partial charge < -0.3 is 10.2 Å². The minimum absolute atomic E-state index is 0.256. The van der Waals surface area contributed by atoms with Crippen LogP contribution in [0.5, 0.6) is 0 Å². The van der Waals surface area contributed by atoms with Gasteiger partial charge in [-0.15, -0.1) is 0 Å². The van der Waals surface area contributed by atoms with E-state index in [0.29, 0.717) is 6.42 Å². The number of rotatable bonds is 2. The van der Waals surface area contributed by atoms with Crippen LogP contribution in [-0.4, -0.2) is 45.7 Å². The van der Waals surface area contributed by atoms with Crippen molar-refractivity contribution in [2.75, 3.05) is 6.54 Å². The molecule has 2 amide bonds. The van der Waals surface area contributed by atoms with Crippen molar-refractivity contribution in [2.45, 2.75) is 25.6 Å². The highest BCUT2D eigenvalue weighted by molar-refractivity contribution is 6.07. The van der Waals surface area contributed by atoms with Crippen LogP contribution in [0.25, 0.3) is 0 Å². The van der Waals surface area contributed by atoms with Crippen LogP contribution >= 0.6 is 0 Å².